The number of phenolic OH excluding ortho intramolecular Hbond substituents is 1. The highest BCUT2D eigenvalue weighted by Gasteiger charge is 2.42. The van der Waals surface area contributed by atoms with Crippen LogP contribution in [0.25, 0.3) is 33.3 Å². The molecular weight excluding hydrogens is 775 g/mol. The fourth-order valence-electron chi connectivity index (χ4n) is 9.56. The number of ether oxygens (including phenoxy) is 2. The average molecular weight is 834 g/mol. The van der Waals surface area contributed by atoms with Crippen LogP contribution in [0, 0.1) is 17.3 Å². The monoisotopic (exact) mass is 833 g/mol. The first kappa shape index (κ1) is 43.6. The van der Waals surface area contributed by atoms with Crippen LogP contribution in [0.5, 0.6) is 5.75 Å². The van der Waals surface area contributed by atoms with Gasteiger partial charge in [0.15, 0.2) is 5.78 Å². The lowest BCUT2D eigenvalue weighted by molar-refractivity contribution is -0.155. The largest absolute Gasteiger partial charge is 0.508 e. The summed E-state index contributed by atoms with van der Waals surface area (Å²) < 4.78 is 14.2. The number of ketones is 1. The van der Waals surface area contributed by atoms with E-state index in [1.807, 2.05) is 26.0 Å². The average Bonchev–Trinajstić information content (AvgIpc) is 3.54. The first-order valence-electron chi connectivity index (χ1n) is 21.4. The molecular formula is C47H59N5O7Si. The molecule has 7 rings (SSSR count). The van der Waals surface area contributed by atoms with Crippen molar-refractivity contribution in [2.75, 3.05) is 26.8 Å². The molecule has 1 unspecified atom stereocenters. The highest BCUT2D eigenvalue weighted by Crippen LogP contribution is 2.42. The summed E-state index contributed by atoms with van der Waals surface area (Å²) in [7, 11) is 5.40. The summed E-state index contributed by atoms with van der Waals surface area (Å²) in [6, 6.07) is 14.3. The molecule has 6 atom stereocenters. The van der Waals surface area contributed by atoms with Crippen LogP contribution in [0.3, 0.4) is 0 Å². The van der Waals surface area contributed by atoms with Gasteiger partial charge in [-0.25, -0.2) is 5.43 Å². The number of piperidine rings is 1. The van der Waals surface area contributed by atoms with Crippen LogP contribution in [0.4, 0.5) is 0 Å². The number of carbonyl (C=O) groups is 3. The molecule has 0 spiro atoms. The second-order valence-corrected chi connectivity index (χ2v) is 18.3. The Morgan fingerprint density at radius 2 is 1.85 bits per heavy atom. The van der Waals surface area contributed by atoms with E-state index in [-0.39, 0.29) is 47.7 Å². The Kier molecular flexibility index (Phi) is 12.9. The number of aryl methyl sites for hydroxylation is 1. The number of aromatic nitrogens is 2. The number of rotatable bonds is 8. The van der Waals surface area contributed by atoms with E-state index < -0.39 is 35.6 Å². The summed E-state index contributed by atoms with van der Waals surface area (Å²) in [5, 5.41) is 24.7. The molecule has 6 bridgehead atoms. The molecule has 2 radical (unpaired) electrons. The molecule has 12 nitrogen and oxygen atoms in total. The predicted octanol–water partition coefficient (Wildman–Crippen LogP) is 5.93. The van der Waals surface area contributed by atoms with Gasteiger partial charge in [0.05, 0.1) is 36.1 Å². The molecule has 3 aliphatic heterocycles. The standard InChI is InChI=1S/C47H59N5O7Si/c1-8-50-39-16-15-31-24-35(39)37(42(50)34-13-9-17-48-40(34)28(3)58-7)25-47(5,6)26-59-46(57)38-14-11-19-52(49-38)45(56)36(22-30-20-32(31)23-33(54)21-30)44(60)43(55)41-27(2)12-10-18-51(41)29(4)53/h9,13,15-17,20-21,23-24,27-29,36,38,41,49,53-54H,8,10-12,14,18-19,22,25-26H2,1-7H3/t27-,28-,29?,36+,38-,41-/m0/s1. The number of pyridine rings is 1. The van der Waals surface area contributed by atoms with Crippen LogP contribution >= 0.6 is 0 Å². The van der Waals surface area contributed by atoms with Gasteiger partial charge in [-0.05, 0) is 129 Å². The van der Waals surface area contributed by atoms with Crippen molar-refractivity contribution in [1.29, 1.82) is 0 Å². The number of methoxy groups -OCH3 is 1. The molecule has 4 aromatic rings. The minimum Gasteiger partial charge on any atom is -0.508 e. The number of benzene rings is 2. The van der Waals surface area contributed by atoms with Crippen LogP contribution in [-0.4, -0.2) is 107 Å². The number of nitrogens with zero attached hydrogens (tertiary/aromatic N) is 4. The lowest BCUT2D eigenvalue weighted by Crippen LogP contribution is -2.60. The first-order valence-corrected chi connectivity index (χ1v) is 21.9. The zero-order chi connectivity index (χ0) is 43.0. The molecule has 2 saturated heterocycles. The number of esters is 1. The van der Waals surface area contributed by atoms with Crippen molar-refractivity contribution < 1.29 is 34.1 Å². The smallest absolute Gasteiger partial charge is 0.324 e. The van der Waals surface area contributed by atoms with Crippen molar-refractivity contribution in [3.8, 4) is 28.1 Å². The normalized spacial score (nSPS) is 23.8. The third-order valence-electron chi connectivity index (χ3n) is 12.7. The van der Waals surface area contributed by atoms with Gasteiger partial charge < -0.3 is 24.3 Å². The van der Waals surface area contributed by atoms with Crippen molar-refractivity contribution >= 4 is 43.6 Å². The van der Waals surface area contributed by atoms with E-state index >= 15 is 0 Å². The van der Waals surface area contributed by atoms with E-state index in [9.17, 15) is 24.6 Å². The highest BCUT2D eigenvalue weighted by molar-refractivity contribution is 6.66. The Morgan fingerprint density at radius 1 is 1.08 bits per heavy atom. The van der Waals surface area contributed by atoms with E-state index in [1.54, 1.807) is 37.3 Å². The maximum Gasteiger partial charge on any atom is 0.324 e. The van der Waals surface area contributed by atoms with E-state index in [0.717, 1.165) is 57.4 Å². The zero-order valence-corrected chi connectivity index (χ0v) is 37.0. The number of hydrazine groups is 1. The van der Waals surface area contributed by atoms with Crippen LogP contribution in [-0.2, 0) is 43.2 Å². The van der Waals surface area contributed by atoms with Gasteiger partial charge in [-0.2, -0.15) is 0 Å². The molecule has 5 heterocycles. The highest BCUT2D eigenvalue weighted by atomic mass is 28.1. The fourth-order valence-corrected chi connectivity index (χ4v) is 9.93. The summed E-state index contributed by atoms with van der Waals surface area (Å²) >= 11 is 0. The number of aromatic hydroxyl groups is 1. The molecule has 60 heavy (non-hydrogen) atoms. The van der Waals surface area contributed by atoms with Gasteiger partial charge in [-0.3, -0.25) is 29.3 Å². The van der Waals surface area contributed by atoms with Crippen molar-refractivity contribution in [2.24, 2.45) is 17.3 Å². The second-order valence-electron chi connectivity index (χ2n) is 17.7. The Hall–Kier alpha value is -4.53. The number of aliphatic hydroxyl groups is 1. The van der Waals surface area contributed by atoms with Gasteiger partial charge in [0.1, 0.15) is 18.0 Å². The molecule has 3 aliphatic rings. The molecule has 0 aliphatic carbocycles. The van der Waals surface area contributed by atoms with Gasteiger partial charge in [0.25, 0.3) is 0 Å². The third kappa shape index (κ3) is 8.65. The quantitative estimate of drug-likeness (QED) is 0.144. The summed E-state index contributed by atoms with van der Waals surface area (Å²) in [5.74, 6) is -2.09. The SMILES string of the molecule is CCn1c(-c2cccnc2[C@H](C)OC)c2c3cc(ccc31)-c1cc(O)cc(c1)C[C@H](C(=[Si])C(=O)[C@@H]1[C@@H](C)CCCN1C(C)O)C(=O)N1CCC[C@H](N1)C(=O)OCC(C)(C)C2. The van der Waals surface area contributed by atoms with Crippen LogP contribution in [0.15, 0.2) is 54.7 Å². The number of carbonyl (C=O) groups excluding carboxylic acids is 3. The molecule has 3 N–H and O–H groups in total. The number of hydrogen-bond acceptors (Lipinski definition) is 10. The van der Waals surface area contributed by atoms with Gasteiger partial charge in [0.2, 0.25) is 5.91 Å². The van der Waals surface area contributed by atoms with Gasteiger partial charge >= 0.3 is 5.97 Å². The third-order valence-corrected chi connectivity index (χ3v) is 13.3. The van der Waals surface area contributed by atoms with Crippen LogP contribution in [0.1, 0.15) is 90.2 Å². The Balaban J connectivity index is 1.39. The Labute approximate surface area is 356 Å². The van der Waals surface area contributed by atoms with Crippen molar-refractivity contribution in [3.05, 3.63) is 71.5 Å². The number of hydrogen-bond donors (Lipinski definition) is 3. The first-order chi connectivity index (χ1) is 28.6. The second kappa shape index (κ2) is 17.8. The van der Waals surface area contributed by atoms with Crippen molar-refractivity contribution in [2.45, 2.75) is 111 Å². The molecule has 1 amide bonds. The van der Waals surface area contributed by atoms with E-state index in [2.05, 4.69) is 64.9 Å². The molecule has 13 heteroatoms. The Morgan fingerprint density at radius 3 is 2.58 bits per heavy atom. The minimum absolute atomic E-state index is 0.0341. The number of nitrogens with one attached hydrogen (secondary N) is 1. The maximum atomic E-state index is 14.7. The molecule has 2 aromatic heterocycles. The molecule has 318 valence electrons. The number of phenols is 1. The Bertz CT molecular complexity index is 2290. The number of cyclic esters (lactones) is 1. The van der Waals surface area contributed by atoms with Gasteiger partial charge in [0, 0.05) is 64.7 Å². The molecule has 2 fully saturated rings. The van der Waals surface area contributed by atoms with Gasteiger partial charge in [-0.1, -0.05) is 32.9 Å². The van der Waals surface area contributed by atoms with E-state index in [4.69, 9.17) is 14.5 Å². The number of amides is 1. The number of Topliss-reactive ketones (excluding diaryl/α,β-unsaturated/α-hetero) is 1. The topological polar surface area (TPSA) is 146 Å². The summed E-state index contributed by atoms with van der Waals surface area (Å²) in [6.07, 6.45) is 4.03. The van der Waals surface area contributed by atoms with E-state index in [0.29, 0.717) is 44.5 Å². The summed E-state index contributed by atoms with van der Waals surface area (Å²) in [5.41, 5.74) is 9.88. The molecule has 2 aromatic carbocycles. The lowest BCUT2D eigenvalue weighted by Gasteiger charge is -2.42. The number of likely N-dealkylation sites (tertiary alicyclic amines) is 1. The van der Waals surface area contributed by atoms with E-state index in [1.165, 1.54) is 5.01 Å². The zero-order valence-electron chi connectivity index (χ0n) is 36.0. The number of aliphatic hydroxyl groups excluding tert-OH is 1. The van der Waals surface area contributed by atoms with Crippen molar-refractivity contribution in [1.82, 2.24) is 24.9 Å². The summed E-state index contributed by atoms with van der Waals surface area (Å²) in [6.45, 7) is 13.7. The predicted molar refractivity (Wildman–Crippen MR) is 233 cm³/mol. The molecule has 0 saturated carbocycles. The maximum absolute atomic E-state index is 14.7. The fraction of sp³-hybridized carbons (Fsp3) is 0.511. The number of fused-ring (bicyclic) bond motifs is 6. The van der Waals surface area contributed by atoms with Gasteiger partial charge in [-0.15, -0.1) is 0 Å². The lowest BCUT2D eigenvalue weighted by atomic mass is 9.82. The van der Waals surface area contributed by atoms with Crippen LogP contribution < -0.4 is 5.43 Å². The van der Waals surface area contributed by atoms with Crippen molar-refractivity contribution in [3.63, 3.8) is 0 Å². The summed E-state index contributed by atoms with van der Waals surface area (Å²) in [4.78, 5) is 49.8. The minimum atomic E-state index is -0.993. The van der Waals surface area contributed by atoms with Crippen LogP contribution in [0.2, 0.25) is 0 Å².